The van der Waals surface area contributed by atoms with Crippen LogP contribution in [0.2, 0.25) is 0 Å². The van der Waals surface area contributed by atoms with Crippen molar-refractivity contribution in [3.8, 4) is 0 Å². The number of hydrogen-bond donors (Lipinski definition) is 0. The van der Waals surface area contributed by atoms with E-state index in [1.807, 2.05) is 0 Å². The lowest BCUT2D eigenvalue weighted by atomic mass is 10.1. The van der Waals surface area contributed by atoms with Crippen molar-refractivity contribution in [1.82, 2.24) is 13.5 Å². The van der Waals surface area contributed by atoms with Crippen molar-refractivity contribution in [2.24, 2.45) is 0 Å². The Bertz CT molecular complexity index is 1140. The molecule has 0 unspecified atom stereocenters. The highest BCUT2D eigenvalue weighted by Crippen LogP contribution is 2.22. The highest BCUT2D eigenvalue weighted by Gasteiger charge is 2.31. The number of carbonyl (C=O) groups is 1. The maximum absolute atomic E-state index is 13.8. The van der Waals surface area contributed by atoms with Crippen LogP contribution in [-0.2, 0) is 20.0 Å². The summed E-state index contributed by atoms with van der Waals surface area (Å²) < 4.78 is 66.2. The monoisotopic (exact) mass is 455 g/mol. The molecule has 0 bridgehead atoms. The fourth-order valence-electron chi connectivity index (χ4n) is 3.08. The van der Waals surface area contributed by atoms with Crippen molar-refractivity contribution in [3.05, 3.63) is 59.9 Å². The fraction of sp³-hybridized carbons (Fsp3) is 0.316. The van der Waals surface area contributed by atoms with Crippen molar-refractivity contribution in [2.45, 2.75) is 9.79 Å². The first-order valence-corrected chi connectivity index (χ1v) is 12.0. The quantitative estimate of drug-likeness (QED) is 0.676. The zero-order chi connectivity index (χ0) is 22.1. The number of halogens is 1. The topological polar surface area (TPSA) is 95.1 Å². The second kappa shape index (κ2) is 8.42. The van der Waals surface area contributed by atoms with E-state index >= 15 is 0 Å². The van der Waals surface area contributed by atoms with Crippen molar-refractivity contribution in [1.29, 1.82) is 0 Å². The number of sulfonamides is 2. The zero-order valence-electron chi connectivity index (χ0n) is 16.5. The van der Waals surface area contributed by atoms with Crippen LogP contribution in [0, 0.1) is 5.82 Å². The van der Waals surface area contributed by atoms with Gasteiger partial charge in [0.05, 0.1) is 15.4 Å². The molecule has 0 N–H and O–H groups in total. The molecule has 0 saturated carbocycles. The first-order chi connectivity index (χ1) is 14.0. The Labute approximate surface area is 175 Å². The summed E-state index contributed by atoms with van der Waals surface area (Å²) in [6.45, 7) is 0.361. The maximum Gasteiger partial charge on any atom is 0.256 e. The van der Waals surface area contributed by atoms with Crippen molar-refractivity contribution >= 4 is 26.0 Å². The SMILES string of the molecule is CN(C)S(=O)(=O)c1ccc(S(=O)(=O)N2CCN(C(=O)c3ccccc3F)CC2)cc1. The van der Waals surface area contributed by atoms with E-state index in [0.29, 0.717) is 0 Å². The van der Waals surface area contributed by atoms with Crippen LogP contribution in [0.5, 0.6) is 0 Å². The molecule has 0 aromatic heterocycles. The number of nitrogens with zero attached hydrogens (tertiary/aromatic N) is 3. The molecule has 0 aliphatic carbocycles. The lowest BCUT2D eigenvalue weighted by molar-refractivity contribution is 0.0693. The van der Waals surface area contributed by atoms with Gasteiger partial charge in [-0.1, -0.05) is 12.1 Å². The van der Waals surface area contributed by atoms with E-state index in [-0.39, 0.29) is 41.5 Å². The normalized spacial score (nSPS) is 16.1. The van der Waals surface area contributed by atoms with Gasteiger partial charge in [-0.2, -0.15) is 4.31 Å². The van der Waals surface area contributed by atoms with Gasteiger partial charge in [0.25, 0.3) is 5.91 Å². The molecule has 0 spiro atoms. The molecule has 1 aliphatic rings. The van der Waals surface area contributed by atoms with Gasteiger partial charge in [-0.15, -0.1) is 0 Å². The van der Waals surface area contributed by atoms with E-state index < -0.39 is 31.8 Å². The molecule has 1 fully saturated rings. The average Bonchev–Trinajstić information content (AvgIpc) is 2.73. The van der Waals surface area contributed by atoms with Crippen LogP contribution < -0.4 is 0 Å². The summed E-state index contributed by atoms with van der Waals surface area (Å²) in [7, 11) is -4.73. The van der Waals surface area contributed by atoms with Crippen LogP contribution in [0.15, 0.2) is 58.3 Å². The first kappa shape index (κ1) is 22.3. The van der Waals surface area contributed by atoms with Gasteiger partial charge in [0, 0.05) is 40.3 Å². The first-order valence-electron chi connectivity index (χ1n) is 9.11. The number of amides is 1. The zero-order valence-corrected chi connectivity index (χ0v) is 18.2. The summed E-state index contributed by atoms with van der Waals surface area (Å²) in [4.78, 5) is 13.9. The summed E-state index contributed by atoms with van der Waals surface area (Å²) >= 11 is 0. The van der Waals surface area contributed by atoms with Gasteiger partial charge in [-0.05, 0) is 36.4 Å². The molecule has 1 heterocycles. The van der Waals surface area contributed by atoms with Gasteiger partial charge in [-0.3, -0.25) is 4.79 Å². The Kier molecular flexibility index (Phi) is 6.27. The Morgan fingerprint density at radius 3 is 1.93 bits per heavy atom. The predicted octanol–water partition coefficient (Wildman–Crippen LogP) is 1.22. The van der Waals surface area contributed by atoms with Crippen LogP contribution in [0.25, 0.3) is 0 Å². The van der Waals surface area contributed by atoms with Gasteiger partial charge >= 0.3 is 0 Å². The Balaban J connectivity index is 1.72. The smallest absolute Gasteiger partial charge is 0.256 e. The third-order valence-corrected chi connectivity index (χ3v) is 8.61. The van der Waals surface area contributed by atoms with E-state index in [0.717, 1.165) is 4.31 Å². The standard InChI is InChI=1S/C19H22FN3O5S2/c1-21(2)29(25,26)15-7-9-16(10-8-15)30(27,28)23-13-11-22(12-14-23)19(24)17-5-3-4-6-18(17)20/h3-10H,11-14H2,1-2H3. The average molecular weight is 456 g/mol. The predicted molar refractivity (Wildman–Crippen MR) is 108 cm³/mol. The largest absolute Gasteiger partial charge is 0.336 e. The van der Waals surface area contributed by atoms with Crippen molar-refractivity contribution in [2.75, 3.05) is 40.3 Å². The summed E-state index contributed by atoms with van der Waals surface area (Å²) in [6.07, 6.45) is 0. The highest BCUT2D eigenvalue weighted by molar-refractivity contribution is 7.89. The number of hydrogen-bond acceptors (Lipinski definition) is 5. The number of benzene rings is 2. The minimum Gasteiger partial charge on any atom is -0.336 e. The molecule has 2 aromatic carbocycles. The van der Waals surface area contributed by atoms with Gasteiger partial charge < -0.3 is 4.90 Å². The van der Waals surface area contributed by atoms with E-state index in [1.165, 1.54) is 65.8 Å². The molecule has 162 valence electrons. The second-order valence-corrected chi connectivity index (χ2v) is 11.0. The fourth-order valence-corrected chi connectivity index (χ4v) is 5.40. The molecule has 2 aromatic rings. The van der Waals surface area contributed by atoms with Gasteiger partial charge in [-0.25, -0.2) is 25.5 Å². The molecular weight excluding hydrogens is 433 g/mol. The lowest BCUT2D eigenvalue weighted by Gasteiger charge is -2.34. The minimum atomic E-state index is -3.85. The molecule has 1 saturated heterocycles. The van der Waals surface area contributed by atoms with Crippen molar-refractivity contribution in [3.63, 3.8) is 0 Å². The summed E-state index contributed by atoms with van der Waals surface area (Å²) in [5.41, 5.74) is -0.0495. The Morgan fingerprint density at radius 2 is 1.40 bits per heavy atom. The minimum absolute atomic E-state index is 0.00764. The molecule has 1 aliphatic heterocycles. The van der Waals surface area contributed by atoms with Gasteiger partial charge in [0.15, 0.2) is 0 Å². The highest BCUT2D eigenvalue weighted by atomic mass is 32.2. The third-order valence-electron chi connectivity index (χ3n) is 4.87. The molecule has 8 nitrogen and oxygen atoms in total. The molecule has 0 atom stereocenters. The van der Waals surface area contributed by atoms with E-state index in [4.69, 9.17) is 0 Å². The van der Waals surface area contributed by atoms with E-state index in [1.54, 1.807) is 6.07 Å². The van der Waals surface area contributed by atoms with Crippen molar-refractivity contribution < 1.29 is 26.0 Å². The number of carbonyl (C=O) groups excluding carboxylic acids is 1. The number of piperazine rings is 1. The summed E-state index contributed by atoms with van der Waals surface area (Å²) in [5.74, 6) is -1.10. The summed E-state index contributed by atoms with van der Waals surface area (Å²) in [6, 6.07) is 10.7. The molecule has 1 amide bonds. The van der Waals surface area contributed by atoms with E-state index in [9.17, 15) is 26.0 Å². The third kappa shape index (κ3) is 4.24. The van der Waals surface area contributed by atoms with Crippen LogP contribution in [0.1, 0.15) is 10.4 Å². The van der Waals surface area contributed by atoms with Gasteiger partial charge in [0.1, 0.15) is 5.82 Å². The Hall–Kier alpha value is -2.34. The van der Waals surface area contributed by atoms with Crippen LogP contribution in [0.3, 0.4) is 0 Å². The van der Waals surface area contributed by atoms with E-state index in [2.05, 4.69) is 0 Å². The molecule has 0 radical (unpaired) electrons. The molecule has 30 heavy (non-hydrogen) atoms. The lowest BCUT2D eigenvalue weighted by Crippen LogP contribution is -2.50. The summed E-state index contributed by atoms with van der Waals surface area (Å²) in [5, 5.41) is 0. The number of rotatable bonds is 5. The molecule has 3 rings (SSSR count). The van der Waals surface area contributed by atoms with Crippen LogP contribution in [0.4, 0.5) is 4.39 Å². The molecule has 11 heteroatoms. The Morgan fingerprint density at radius 1 is 0.867 bits per heavy atom. The molecular formula is C19H22FN3O5S2. The maximum atomic E-state index is 13.8. The van der Waals surface area contributed by atoms with Crippen LogP contribution >= 0.6 is 0 Å². The second-order valence-electron chi connectivity index (χ2n) is 6.93. The van der Waals surface area contributed by atoms with Gasteiger partial charge in [0.2, 0.25) is 20.0 Å². The van der Waals surface area contributed by atoms with Crippen LogP contribution in [-0.4, -0.2) is 76.5 Å².